The fraction of sp³-hybridized carbons (Fsp3) is 0.773. The second-order valence-corrected chi connectivity index (χ2v) is 10.6. The molecule has 0 aliphatic heterocycles. The van der Waals surface area contributed by atoms with Gasteiger partial charge in [0.1, 0.15) is 5.01 Å². The Morgan fingerprint density at radius 2 is 1.93 bits per heavy atom. The van der Waals surface area contributed by atoms with E-state index in [1.165, 1.54) is 19.3 Å². The second-order valence-electron chi connectivity index (χ2n) is 9.63. The third-order valence-corrected chi connectivity index (χ3v) is 8.61. The number of thiazole rings is 1. The fourth-order valence-corrected chi connectivity index (χ4v) is 6.16. The Bertz CT molecular complexity index is 718. The monoisotopic (exact) mass is 401 g/mol. The molecule has 0 bridgehead atoms. The zero-order valence-corrected chi connectivity index (χ0v) is 17.3. The van der Waals surface area contributed by atoms with E-state index >= 15 is 0 Å². The minimum atomic E-state index is 0.0635. The van der Waals surface area contributed by atoms with Crippen molar-refractivity contribution >= 4 is 23.2 Å². The van der Waals surface area contributed by atoms with Crippen LogP contribution in [-0.4, -0.2) is 23.3 Å². The molecule has 1 spiro atoms. The van der Waals surface area contributed by atoms with Crippen LogP contribution in [0.15, 0.2) is 11.6 Å². The molecule has 2 amide bonds. The summed E-state index contributed by atoms with van der Waals surface area (Å²) in [6.45, 7) is 0.828. The fourth-order valence-electron chi connectivity index (χ4n) is 5.38. The van der Waals surface area contributed by atoms with Gasteiger partial charge in [-0.25, -0.2) is 4.98 Å². The van der Waals surface area contributed by atoms with Crippen LogP contribution in [0.3, 0.4) is 0 Å². The lowest BCUT2D eigenvalue weighted by molar-refractivity contribution is -0.124. The lowest BCUT2D eigenvalue weighted by Gasteiger charge is -2.33. The highest BCUT2D eigenvalue weighted by atomic mass is 32.1. The summed E-state index contributed by atoms with van der Waals surface area (Å²) in [5, 5.41) is 9.59. The molecule has 152 valence electrons. The van der Waals surface area contributed by atoms with Crippen molar-refractivity contribution in [2.45, 2.75) is 70.3 Å². The maximum Gasteiger partial charge on any atom is 0.223 e. The first-order valence-electron chi connectivity index (χ1n) is 11.1. The molecule has 28 heavy (non-hydrogen) atoms. The van der Waals surface area contributed by atoms with E-state index in [0.29, 0.717) is 29.1 Å². The number of carbonyl (C=O) groups is 2. The van der Waals surface area contributed by atoms with Crippen LogP contribution in [0.25, 0.3) is 0 Å². The summed E-state index contributed by atoms with van der Waals surface area (Å²) in [4.78, 5) is 29.3. The van der Waals surface area contributed by atoms with Crippen LogP contribution in [0.1, 0.15) is 75.3 Å². The summed E-state index contributed by atoms with van der Waals surface area (Å²) in [5.74, 6) is 2.10. The first kappa shape index (κ1) is 18.6. The van der Waals surface area contributed by atoms with Gasteiger partial charge in [-0.05, 0) is 75.0 Å². The molecule has 5 rings (SSSR count). The maximum atomic E-state index is 12.4. The number of hydrogen-bond donors (Lipinski definition) is 2. The molecule has 0 saturated heterocycles. The molecule has 4 aliphatic carbocycles. The Hall–Kier alpha value is -1.43. The van der Waals surface area contributed by atoms with E-state index in [2.05, 4.69) is 15.6 Å². The number of aromatic nitrogens is 1. The van der Waals surface area contributed by atoms with Gasteiger partial charge in [-0.2, -0.15) is 0 Å². The number of carbonyl (C=O) groups excluding carboxylic acids is 2. The van der Waals surface area contributed by atoms with Gasteiger partial charge in [0.25, 0.3) is 0 Å². The minimum absolute atomic E-state index is 0.0635. The molecule has 6 heteroatoms. The van der Waals surface area contributed by atoms with Crippen LogP contribution in [-0.2, 0) is 9.59 Å². The summed E-state index contributed by atoms with van der Waals surface area (Å²) >= 11 is 1.65. The minimum Gasteiger partial charge on any atom is -0.356 e. The third-order valence-electron chi connectivity index (χ3n) is 7.75. The molecule has 4 fully saturated rings. The third kappa shape index (κ3) is 3.72. The Morgan fingerprint density at radius 1 is 1.14 bits per heavy atom. The van der Waals surface area contributed by atoms with Crippen molar-refractivity contribution in [1.82, 2.24) is 15.6 Å². The second kappa shape index (κ2) is 7.43. The van der Waals surface area contributed by atoms with Crippen molar-refractivity contribution in [3.8, 4) is 0 Å². The molecule has 1 aromatic rings. The van der Waals surface area contributed by atoms with Crippen LogP contribution in [0.5, 0.6) is 0 Å². The van der Waals surface area contributed by atoms with E-state index in [1.54, 1.807) is 11.3 Å². The molecule has 4 aliphatic rings. The molecule has 2 atom stereocenters. The molecule has 0 radical (unpaired) electrons. The summed E-state index contributed by atoms with van der Waals surface area (Å²) in [6, 6.07) is 0.0635. The summed E-state index contributed by atoms with van der Waals surface area (Å²) in [7, 11) is 0. The average Bonchev–Trinajstić information content (AvgIpc) is 3.60. The quantitative estimate of drug-likeness (QED) is 0.729. The Morgan fingerprint density at radius 3 is 2.50 bits per heavy atom. The van der Waals surface area contributed by atoms with Crippen LogP contribution in [0.4, 0.5) is 0 Å². The van der Waals surface area contributed by atoms with Gasteiger partial charge >= 0.3 is 0 Å². The van der Waals surface area contributed by atoms with Gasteiger partial charge in [-0.1, -0.05) is 6.42 Å². The Kier molecular flexibility index (Phi) is 4.93. The highest BCUT2D eigenvalue weighted by molar-refractivity contribution is 7.09. The van der Waals surface area contributed by atoms with Crippen LogP contribution in [0.2, 0.25) is 0 Å². The van der Waals surface area contributed by atoms with Crippen molar-refractivity contribution in [3.63, 3.8) is 0 Å². The van der Waals surface area contributed by atoms with Gasteiger partial charge in [0.05, 0.1) is 6.04 Å². The number of amides is 2. The summed E-state index contributed by atoms with van der Waals surface area (Å²) < 4.78 is 0. The maximum absolute atomic E-state index is 12.4. The summed E-state index contributed by atoms with van der Waals surface area (Å²) in [5.41, 5.74) is 0.419. The van der Waals surface area contributed by atoms with Crippen molar-refractivity contribution < 1.29 is 9.59 Å². The van der Waals surface area contributed by atoms with Crippen LogP contribution in [0, 0.1) is 29.1 Å². The number of nitrogens with one attached hydrogen (secondary N) is 2. The lowest BCUT2D eigenvalue weighted by atomic mass is 9.78. The Labute approximate surface area is 171 Å². The van der Waals surface area contributed by atoms with E-state index in [1.807, 2.05) is 11.6 Å². The topological polar surface area (TPSA) is 71.1 Å². The molecule has 2 N–H and O–H groups in total. The summed E-state index contributed by atoms with van der Waals surface area (Å²) in [6.07, 6.45) is 13.3. The van der Waals surface area contributed by atoms with Crippen molar-refractivity contribution in [3.05, 3.63) is 16.6 Å². The molecular weight excluding hydrogens is 370 g/mol. The zero-order valence-electron chi connectivity index (χ0n) is 16.5. The van der Waals surface area contributed by atoms with Crippen LogP contribution < -0.4 is 10.6 Å². The smallest absolute Gasteiger partial charge is 0.223 e. The largest absolute Gasteiger partial charge is 0.356 e. The molecule has 0 aromatic carbocycles. The van der Waals surface area contributed by atoms with E-state index in [-0.39, 0.29) is 17.9 Å². The van der Waals surface area contributed by atoms with Crippen molar-refractivity contribution in [1.29, 1.82) is 0 Å². The normalized spacial score (nSPS) is 31.6. The van der Waals surface area contributed by atoms with Gasteiger partial charge in [-0.15, -0.1) is 11.3 Å². The zero-order chi connectivity index (χ0) is 19.1. The standard InChI is InChI=1S/C22H31N3O2S/c26-19(16-6-7-16)25-18(21-23-10-11-28-21)15-4-2-14(3-5-15)13-24-20(27)17-12-22(17)8-1-9-22/h10-11,14-18H,1-9,12-13H2,(H,24,27)(H,25,26)/t14?,15?,17-,18-/m0/s1. The predicted molar refractivity (Wildman–Crippen MR) is 109 cm³/mol. The molecule has 1 heterocycles. The first-order chi connectivity index (χ1) is 13.6. The molecular formula is C22H31N3O2S. The van der Waals surface area contributed by atoms with Crippen molar-refractivity contribution in [2.75, 3.05) is 6.54 Å². The molecule has 4 saturated carbocycles. The van der Waals surface area contributed by atoms with Crippen molar-refractivity contribution in [2.24, 2.45) is 29.1 Å². The van der Waals surface area contributed by atoms with Crippen LogP contribution >= 0.6 is 11.3 Å². The highest BCUT2D eigenvalue weighted by Crippen LogP contribution is 2.65. The number of rotatable bonds is 7. The Balaban J connectivity index is 1.11. The average molecular weight is 402 g/mol. The lowest BCUT2D eigenvalue weighted by Crippen LogP contribution is -2.38. The van der Waals surface area contributed by atoms with Gasteiger partial charge < -0.3 is 10.6 Å². The van der Waals surface area contributed by atoms with E-state index in [0.717, 1.165) is 56.5 Å². The van der Waals surface area contributed by atoms with Gasteiger partial charge in [-0.3, -0.25) is 9.59 Å². The van der Waals surface area contributed by atoms with E-state index in [9.17, 15) is 9.59 Å². The highest BCUT2D eigenvalue weighted by Gasteiger charge is 2.60. The number of nitrogens with zero attached hydrogens (tertiary/aromatic N) is 1. The van der Waals surface area contributed by atoms with E-state index < -0.39 is 0 Å². The number of hydrogen-bond acceptors (Lipinski definition) is 4. The first-order valence-corrected chi connectivity index (χ1v) is 12.0. The molecule has 0 unspecified atom stereocenters. The predicted octanol–water partition coefficient (Wildman–Crippen LogP) is 3.82. The molecule has 5 nitrogen and oxygen atoms in total. The molecule has 1 aromatic heterocycles. The van der Waals surface area contributed by atoms with E-state index in [4.69, 9.17) is 0 Å². The SMILES string of the molecule is O=C(N[C@H](c1nccs1)C1CCC(CNC(=O)[C@@H]2CC23CCC3)CC1)C1CC1. The van der Waals surface area contributed by atoms with Gasteiger partial charge in [0, 0.05) is 30.0 Å². The van der Waals surface area contributed by atoms with Gasteiger partial charge in [0.2, 0.25) is 11.8 Å². The van der Waals surface area contributed by atoms with Gasteiger partial charge in [0.15, 0.2) is 0 Å².